The van der Waals surface area contributed by atoms with Gasteiger partial charge >= 0.3 is 0 Å². The summed E-state index contributed by atoms with van der Waals surface area (Å²) in [5.41, 5.74) is 0. The molecule has 0 aliphatic rings. The van der Waals surface area contributed by atoms with Crippen LogP contribution in [0.15, 0.2) is 6.07 Å². The first-order valence-corrected chi connectivity index (χ1v) is 6.59. The van der Waals surface area contributed by atoms with Gasteiger partial charge in [0, 0.05) is 26.8 Å². The minimum Gasteiger partial charge on any atom is -0.377 e. The Morgan fingerprint density at radius 3 is 2.58 bits per heavy atom. The SMILES string of the molecule is CNc1cc(NCCCCN(C)C)nc(COC)n1. The number of hydrogen-bond donors (Lipinski definition) is 2. The predicted octanol–water partition coefficient (Wildman–Crippen LogP) is 1.42. The second-order valence-corrected chi connectivity index (χ2v) is 4.67. The zero-order valence-electron chi connectivity index (χ0n) is 12.4. The third-order valence-electron chi connectivity index (χ3n) is 2.64. The van der Waals surface area contributed by atoms with E-state index >= 15 is 0 Å². The van der Waals surface area contributed by atoms with Gasteiger partial charge in [0.25, 0.3) is 0 Å². The fraction of sp³-hybridized carbons (Fsp3) is 0.692. The Kier molecular flexibility index (Phi) is 7.14. The summed E-state index contributed by atoms with van der Waals surface area (Å²) < 4.78 is 5.07. The fourth-order valence-corrected chi connectivity index (χ4v) is 1.68. The molecule has 0 aliphatic carbocycles. The van der Waals surface area contributed by atoms with Gasteiger partial charge in [0.15, 0.2) is 5.82 Å². The lowest BCUT2D eigenvalue weighted by Crippen LogP contribution is -2.14. The highest BCUT2D eigenvalue weighted by molar-refractivity contribution is 5.47. The van der Waals surface area contributed by atoms with E-state index in [1.165, 1.54) is 6.42 Å². The number of nitrogens with one attached hydrogen (secondary N) is 2. The quantitative estimate of drug-likeness (QED) is 0.660. The monoisotopic (exact) mass is 267 g/mol. The van der Waals surface area contributed by atoms with Crippen LogP contribution in [0.1, 0.15) is 18.7 Å². The molecular formula is C13H25N5O. The van der Waals surface area contributed by atoms with E-state index < -0.39 is 0 Å². The molecule has 1 rings (SSSR count). The number of rotatable bonds is 9. The second-order valence-electron chi connectivity index (χ2n) is 4.67. The Morgan fingerprint density at radius 2 is 1.95 bits per heavy atom. The number of nitrogens with zero attached hydrogens (tertiary/aromatic N) is 3. The Labute approximate surface area is 115 Å². The van der Waals surface area contributed by atoms with Crippen LogP contribution >= 0.6 is 0 Å². The molecule has 6 heteroatoms. The van der Waals surface area contributed by atoms with E-state index in [-0.39, 0.29) is 0 Å². The van der Waals surface area contributed by atoms with Crippen LogP contribution in [0.3, 0.4) is 0 Å². The molecule has 0 spiro atoms. The molecule has 2 N–H and O–H groups in total. The number of methoxy groups -OCH3 is 1. The predicted molar refractivity (Wildman–Crippen MR) is 78.6 cm³/mol. The largest absolute Gasteiger partial charge is 0.377 e. The Bertz CT molecular complexity index is 370. The molecule has 0 amide bonds. The van der Waals surface area contributed by atoms with Crippen LogP contribution in [-0.2, 0) is 11.3 Å². The third kappa shape index (κ3) is 6.35. The van der Waals surface area contributed by atoms with Crippen LogP contribution < -0.4 is 10.6 Å². The summed E-state index contributed by atoms with van der Waals surface area (Å²) in [4.78, 5) is 10.9. The molecule has 1 aromatic rings. The molecule has 1 heterocycles. The maximum absolute atomic E-state index is 5.07. The van der Waals surface area contributed by atoms with Crippen molar-refractivity contribution in [2.75, 3.05) is 52.0 Å². The third-order valence-corrected chi connectivity index (χ3v) is 2.64. The summed E-state index contributed by atoms with van der Waals surface area (Å²) >= 11 is 0. The molecule has 0 aromatic carbocycles. The van der Waals surface area contributed by atoms with Crippen LogP contribution in [0.25, 0.3) is 0 Å². The van der Waals surface area contributed by atoms with Gasteiger partial charge in [-0.1, -0.05) is 0 Å². The van der Waals surface area contributed by atoms with Crippen molar-refractivity contribution in [1.29, 1.82) is 0 Å². The molecular weight excluding hydrogens is 242 g/mol. The van der Waals surface area contributed by atoms with Crippen molar-refractivity contribution < 1.29 is 4.74 Å². The average molecular weight is 267 g/mol. The zero-order valence-corrected chi connectivity index (χ0v) is 12.4. The average Bonchev–Trinajstić information content (AvgIpc) is 2.38. The van der Waals surface area contributed by atoms with Crippen LogP contribution in [0, 0.1) is 0 Å². The van der Waals surface area contributed by atoms with Gasteiger partial charge in [0.1, 0.15) is 18.2 Å². The summed E-state index contributed by atoms with van der Waals surface area (Å²) in [5.74, 6) is 2.33. The van der Waals surface area contributed by atoms with Crippen molar-refractivity contribution in [1.82, 2.24) is 14.9 Å². The van der Waals surface area contributed by atoms with Gasteiger partial charge in [-0.3, -0.25) is 0 Å². The molecule has 0 unspecified atom stereocenters. The maximum Gasteiger partial charge on any atom is 0.158 e. The van der Waals surface area contributed by atoms with Crippen molar-refractivity contribution in [2.24, 2.45) is 0 Å². The van der Waals surface area contributed by atoms with Crippen molar-refractivity contribution in [2.45, 2.75) is 19.4 Å². The van der Waals surface area contributed by atoms with Gasteiger partial charge in [-0.25, -0.2) is 9.97 Å². The summed E-state index contributed by atoms with van der Waals surface area (Å²) in [6, 6.07) is 1.91. The molecule has 0 saturated heterocycles. The van der Waals surface area contributed by atoms with Gasteiger partial charge < -0.3 is 20.3 Å². The molecule has 0 atom stereocenters. The van der Waals surface area contributed by atoms with Gasteiger partial charge in [0.2, 0.25) is 0 Å². The molecule has 108 valence electrons. The molecule has 0 fully saturated rings. The molecule has 1 aromatic heterocycles. The minimum atomic E-state index is 0.421. The normalized spacial score (nSPS) is 10.8. The van der Waals surface area contributed by atoms with E-state index in [4.69, 9.17) is 4.74 Å². The Morgan fingerprint density at radius 1 is 1.21 bits per heavy atom. The first-order valence-electron chi connectivity index (χ1n) is 6.59. The topological polar surface area (TPSA) is 62.3 Å². The Hall–Kier alpha value is -1.40. The number of anilines is 2. The lowest BCUT2D eigenvalue weighted by atomic mass is 10.3. The van der Waals surface area contributed by atoms with Crippen molar-refractivity contribution in [3.05, 3.63) is 11.9 Å². The van der Waals surface area contributed by atoms with Gasteiger partial charge in [-0.05, 0) is 33.5 Å². The van der Waals surface area contributed by atoms with Crippen molar-refractivity contribution in [3.63, 3.8) is 0 Å². The molecule has 6 nitrogen and oxygen atoms in total. The first kappa shape index (κ1) is 15.7. The van der Waals surface area contributed by atoms with Gasteiger partial charge in [-0.2, -0.15) is 0 Å². The second kappa shape index (κ2) is 8.66. The van der Waals surface area contributed by atoms with Gasteiger partial charge in [-0.15, -0.1) is 0 Å². The number of ether oxygens (including phenoxy) is 1. The molecule has 0 radical (unpaired) electrons. The molecule has 19 heavy (non-hydrogen) atoms. The lowest BCUT2D eigenvalue weighted by Gasteiger charge is -2.11. The van der Waals surface area contributed by atoms with E-state index in [9.17, 15) is 0 Å². The van der Waals surface area contributed by atoms with Crippen LogP contribution in [0.5, 0.6) is 0 Å². The lowest BCUT2D eigenvalue weighted by molar-refractivity contribution is 0.178. The standard InChI is InChI=1S/C13H25N5O/c1-14-11-9-12(17-13(16-11)10-19-4)15-7-5-6-8-18(2)3/h9H,5-8,10H2,1-4H3,(H2,14,15,16,17). The highest BCUT2D eigenvalue weighted by Crippen LogP contribution is 2.11. The smallest absolute Gasteiger partial charge is 0.158 e. The highest BCUT2D eigenvalue weighted by atomic mass is 16.5. The summed E-state index contributed by atoms with van der Waals surface area (Å²) in [7, 11) is 7.67. The number of hydrogen-bond acceptors (Lipinski definition) is 6. The first-order chi connectivity index (χ1) is 9.15. The Balaban J connectivity index is 2.45. The zero-order chi connectivity index (χ0) is 14.1. The van der Waals surface area contributed by atoms with E-state index in [0.29, 0.717) is 12.4 Å². The summed E-state index contributed by atoms with van der Waals surface area (Å²) in [5, 5.41) is 6.36. The van der Waals surface area contributed by atoms with Crippen molar-refractivity contribution >= 4 is 11.6 Å². The van der Waals surface area contributed by atoms with E-state index in [0.717, 1.165) is 31.1 Å². The van der Waals surface area contributed by atoms with Crippen LogP contribution in [-0.4, -0.2) is 56.2 Å². The molecule has 0 aliphatic heterocycles. The van der Waals surface area contributed by atoms with Gasteiger partial charge in [0.05, 0.1) is 0 Å². The highest BCUT2D eigenvalue weighted by Gasteiger charge is 2.03. The molecule has 0 saturated carbocycles. The molecule has 0 bridgehead atoms. The van der Waals surface area contributed by atoms with Crippen LogP contribution in [0.2, 0.25) is 0 Å². The van der Waals surface area contributed by atoms with E-state index in [2.05, 4.69) is 39.6 Å². The van der Waals surface area contributed by atoms with E-state index in [1.807, 2.05) is 13.1 Å². The van der Waals surface area contributed by atoms with E-state index in [1.54, 1.807) is 7.11 Å². The summed E-state index contributed by atoms with van der Waals surface area (Å²) in [6.07, 6.45) is 2.30. The number of unbranched alkanes of at least 4 members (excludes halogenated alkanes) is 1. The van der Waals surface area contributed by atoms with Crippen molar-refractivity contribution in [3.8, 4) is 0 Å². The fourth-order valence-electron chi connectivity index (χ4n) is 1.68. The van der Waals surface area contributed by atoms with Crippen LogP contribution in [0.4, 0.5) is 11.6 Å². The maximum atomic E-state index is 5.07. The number of aromatic nitrogens is 2. The summed E-state index contributed by atoms with van der Waals surface area (Å²) in [6.45, 7) is 2.45. The minimum absolute atomic E-state index is 0.421.